The quantitative estimate of drug-likeness (QED) is 0.286. The number of rotatable bonds is 7. The maximum absolute atomic E-state index is 13.0. The number of hydrogen-bond acceptors (Lipinski definition) is 4. The Morgan fingerprint density at radius 1 is 0.800 bits per heavy atom. The number of piperidine rings is 1. The molecule has 9 atom stereocenters. The van der Waals surface area contributed by atoms with Gasteiger partial charge in [0.25, 0.3) is 0 Å². The first kappa shape index (κ1) is 33.8. The van der Waals surface area contributed by atoms with E-state index in [2.05, 4.69) is 46.4 Å². The highest BCUT2D eigenvalue weighted by molar-refractivity contribution is 5.81. The number of nitrogens with zero attached hydrogens (tertiary/aromatic N) is 1. The van der Waals surface area contributed by atoms with E-state index in [1.54, 1.807) is 13.8 Å². The molecule has 5 heteroatoms. The van der Waals surface area contributed by atoms with Gasteiger partial charge in [-0.2, -0.15) is 0 Å². The van der Waals surface area contributed by atoms with Crippen molar-refractivity contribution in [3.05, 3.63) is 0 Å². The van der Waals surface area contributed by atoms with Gasteiger partial charge >= 0.3 is 11.9 Å². The fourth-order valence-electron chi connectivity index (χ4n) is 13.6. The number of carboxylic acid groups (broad SMARTS) is 1. The van der Waals surface area contributed by atoms with Gasteiger partial charge in [0.1, 0.15) is 6.10 Å². The van der Waals surface area contributed by atoms with E-state index in [0.29, 0.717) is 22.2 Å². The molecule has 0 spiro atoms. The summed E-state index contributed by atoms with van der Waals surface area (Å²) in [5, 5.41) is 9.57. The van der Waals surface area contributed by atoms with Crippen LogP contribution in [0.5, 0.6) is 0 Å². The molecule has 0 aromatic rings. The van der Waals surface area contributed by atoms with E-state index in [4.69, 9.17) is 4.74 Å². The second kappa shape index (κ2) is 11.5. The number of carbonyl (C=O) groups is 2. The van der Waals surface area contributed by atoms with Crippen molar-refractivity contribution in [3.8, 4) is 0 Å². The van der Waals surface area contributed by atoms with Crippen LogP contribution in [-0.2, 0) is 14.3 Å². The fraction of sp³-hybridized carbons (Fsp3) is 0.950. The lowest BCUT2D eigenvalue weighted by molar-refractivity contribution is -0.249. The minimum Gasteiger partial charge on any atom is -0.481 e. The number of esters is 1. The maximum Gasteiger partial charge on any atom is 0.309 e. The van der Waals surface area contributed by atoms with Gasteiger partial charge in [0, 0.05) is 5.41 Å². The predicted molar refractivity (Wildman–Crippen MR) is 181 cm³/mol. The summed E-state index contributed by atoms with van der Waals surface area (Å²) in [6, 6.07) is 0. The summed E-state index contributed by atoms with van der Waals surface area (Å²) >= 11 is 0. The van der Waals surface area contributed by atoms with E-state index in [0.717, 1.165) is 36.5 Å². The van der Waals surface area contributed by atoms with Crippen molar-refractivity contribution in [2.24, 2.45) is 62.1 Å². The maximum atomic E-state index is 13.0. The Balaban J connectivity index is 1.18. The zero-order chi connectivity index (χ0) is 32.6. The van der Waals surface area contributed by atoms with Gasteiger partial charge in [0.2, 0.25) is 0 Å². The lowest BCUT2D eigenvalue weighted by Gasteiger charge is -2.72. The molecule has 1 heterocycles. The molecule has 0 amide bonds. The lowest BCUT2D eigenvalue weighted by atomic mass is 9.32. The first-order valence-corrected chi connectivity index (χ1v) is 19.1. The zero-order valence-electron chi connectivity index (χ0n) is 30.3. The monoisotopic (exact) mass is 626 g/mol. The van der Waals surface area contributed by atoms with E-state index in [1.807, 2.05) is 0 Å². The van der Waals surface area contributed by atoms with Crippen molar-refractivity contribution in [1.29, 1.82) is 0 Å². The molecule has 0 bridgehead atoms. The summed E-state index contributed by atoms with van der Waals surface area (Å²) in [6.45, 7) is 22.5. The van der Waals surface area contributed by atoms with Crippen LogP contribution < -0.4 is 0 Å². The molecule has 2 unspecified atom stereocenters. The number of carbonyl (C=O) groups excluding carboxylic acids is 1. The third-order valence-corrected chi connectivity index (χ3v) is 16.7. The summed E-state index contributed by atoms with van der Waals surface area (Å²) in [7, 11) is 0. The fourth-order valence-corrected chi connectivity index (χ4v) is 13.6. The van der Waals surface area contributed by atoms with E-state index in [1.165, 1.54) is 96.7 Å². The van der Waals surface area contributed by atoms with Gasteiger partial charge in [0.15, 0.2) is 0 Å². The van der Waals surface area contributed by atoms with Crippen LogP contribution in [-0.4, -0.2) is 47.7 Å². The molecule has 5 nitrogen and oxygen atoms in total. The Morgan fingerprint density at radius 2 is 1.51 bits per heavy atom. The summed E-state index contributed by atoms with van der Waals surface area (Å²) in [5.41, 5.74) is 0.408. The highest BCUT2D eigenvalue weighted by Crippen LogP contribution is 2.77. The molecule has 0 radical (unpaired) electrons. The molecule has 45 heavy (non-hydrogen) atoms. The predicted octanol–water partition coefficient (Wildman–Crippen LogP) is 9.38. The Bertz CT molecular complexity index is 1140. The SMILES string of the molecule is CC1CCN(CC[C@]23CCC[C@@H]2[C@H]2CCC4[C@@]5(C)CC[C@H](OC(=O)CC(C)(C)C(=O)O)C(C)(C)C5CC[C@@]4(C)[C@]2(C)CC3)CC1. The summed E-state index contributed by atoms with van der Waals surface area (Å²) in [4.78, 5) is 27.5. The highest BCUT2D eigenvalue weighted by Gasteiger charge is 2.70. The number of hydrogen-bond donors (Lipinski definition) is 1. The van der Waals surface area contributed by atoms with Crippen molar-refractivity contribution >= 4 is 11.9 Å². The minimum absolute atomic E-state index is 0.0722. The van der Waals surface area contributed by atoms with Gasteiger partial charge in [0.05, 0.1) is 11.8 Å². The molecule has 6 rings (SSSR count). The normalized spacial score (nSPS) is 45.1. The summed E-state index contributed by atoms with van der Waals surface area (Å²) < 4.78 is 6.18. The van der Waals surface area contributed by atoms with Crippen LogP contribution in [0.4, 0.5) is 0 Å². The average Bonchev–Trinajstić information content (AvgIpc) is 3.39. The molecule has 1 aliphatic heterocycles. The zero-order valence-corrected chi connectivity index (χ0v) is 30.3. The Kier molecular flexibility index (Phi) is 8.64. The van der Waals surface area contributed by atoms with Gasteiger partial charge < -0.3 is 14.7 Å². The van der Waals surface area contributed by atoms with Gasteiger partial charge in [-0.25, -0.2) is 0 Å². The molecule has 6 fully saturated rings. The molecule has 6 aliphatic rings. The third kappa shape index (κ3) is 5.34. The van der Waals surface area contributed by atoms with E-state index < -0.39 is 11.4 Å². The lowest BCUT2D eigenvalue weighted by Crippen LogP contribution is -2.66. The molecule has 0 aromatic carbocycles. The Labute approximate surface area is 275 Å². The highest BCUT2D eigenvalue weighted by atomic mass is 16.5. The summed E-state index contributed by atoms with van der Waals surface area (Å²) in [5.74, 6) is 2.65. The Hall–Kier alpha value is -1.10. The van der Waals surface area contributed by atoms with Crippen LogP contribution >= 0.6 is 0 Å². The average molecular weight is 626 g/mol. The first-order chi connectivity index (χ1) is 21.0. The summed E-state index contributed by atoms with van der Waals surface area (Å²) in [6.07, 6.45) is 18.6. The van der Waals surface area contributed by atoms with Gasteiger partial charge in [-0.05, 0) is 168 Å². The topological polar surface area (TPSA) is 66.8 Å². The van der Waals surface area contributed by atoms with Gasteiger partial charge in [-0.1, -0.05) is 48.0 Å². The molecule has 0 aromatic heterocycles. The molecule has 5 aliphatic carbocycles. The first-order valence-electron chi connectivity index (χ1n) is 19.1. The van der Waals surface area contributed by atoms with E-state index in [-0.39, 0.29) is 29.3 Å². The molecular weight excluding hydrogens is 558 g/mol. The smallest absolute Gasteiger partial charge is 0.309 e. The number of likely N-dealkylation sites (tertiary alicyclic amines) is 1. The van der Waals surface area contributed by atoms with E-state index >= 15 is 0 Å². The van der Waals surface area contributed by atoms with Gasteiger partial charge in [-0.3, -0.25) is 9.59 Å². The Morgan fingerprint density at radius 3 is 2.20 bits per heavy atom. The van der Waals surface area contributed by atoms with Crippen molar-refractivity contribution in [2.75, 3.05) is 19.6 Å². The number of fused-ring (bicyclic) bond motifs is 7. The molecule has 1 saturated heterocycles. The standard InChI is InChI=1S/C40H67NO4/c1-27-15-23-41(24-16-27)25-22-40-17-9-10-29(40)28-11-12-31-37(6)18-14-32(45-33(42)26-35(2,3)34(43)44)36(4,5)30(37)13-19-39(31,8)38(28,7)20-21-40/h27-32H,9-26H2,1-8H3,(H,43,44)/t28-,29-,30?,31?,32+,37+,38-,39-,40-/m1/s1. The van der Waals surface area contributed by atoms with Crippen molar-refractivity contribution in [3.63, 3.8) is 0 Å². The van der Waals surface area contributed by atoms with Crippen LogP contribution in [0.15, 0.2) is 0 Å². The number of ether oxygens (including phenoxy) is 1. The number of aliphatic carboxylic acids is 1. The van der Waals surface area contributed by atoms with Crippen LogP contribution in [0, 0.1) is 62.1 Å². The van der Waals surface area contributed by atoms with Crippen LogP contribution in [0.1, 0.15) is 152 Å². The molecule has 1 N–H and O–H groups in total. The van der Waals surface area contributed by atoms with Crippen molar-refractivity contribution < 1.29 is 19.4 Å². The van der Waals surface area contributed by atoms with Crippen LogP contribution in [0.3, 0.4) is 0 Å². The van der Waals surface area contributed by atoms with Crippen molar-refractivity contribution in [1.82, 2.24) is 4.90 Å². The molecular formula is C40H67NO4. The third-order valence-electron chi connectivity index (χ3n) is 16.7. The van der Waals surface area contributed by atoms with Crippen LogP contribution in [0.2, 0.25) is 0 Å². The number of carboxylic acids is 1. The molecule has 256 valence electrons. The van der Waals surface area contributed by atoms with Crippen LogP contribution in [0.25, 0.3) is 0 Å². The molecule has 5 saturated carbocycles. The van der Waals surface area contributed by atoms with Crippen molar-refractivity contribution in [2.45, 2.75) is 158 Å². The van der Waals surface area contributed by atoms with Gasteiger partial charge in [-0.15, -0.1) is 0 Å². The largest absolute Gasteiger partial charge is 0.481 e. The van der Waals surface area contributed by atoms with E-state index in [9.17, 15) is 14.7 Å². The minimum atomic E-state index is -1.10. The second-order valence-corrected chi connectivity index (χ2v) is 19.5. The second-order valence-electron chi connectivity index (χ2n) is 19.5.